The number of carbonyl (C=O) groups is 1. The molecule has 0 bridgehead atoms. The predicted molar refractivity (Wildman–Crippen MR) is 144 cm³/mol. The highest BCUT2D eigenvalue weighted by molar-refractivity contribution is 5.77. The van der Waals surface area contributed by atoms with Gasteiger partial charge in [0.1, 0.15) is 12.4 Å². The van der Waals surface area contributed by atoms with Crippen LogP contribution in [0.3, 0.4) is 0 Å². The Labute approximate surface area is 222 Å². The highest BCUT2D eigenvalue weighted by Crippen LogP contribution is 2.45. The number of likely N-dealkylation sites (N-methyl/N-ethyl adjacent to an activating group) is 1. The van der Waals surface area contributed by atoms with E-state index in [1.165, 1.54) is 17.4 Å². The number of hydrogen-bond acceptors (Lipinski definition) is 8. The molecule has 1 amide bonds. The lowest BCUT2D eigenvalue weighted by Crippen LogP contribution is -2.44. The fourth-order valence-electron chi connectivity index (χ4n) is 4.98. The van der Waals surface area contributed by atoms with Gasteiger partial charge in [-0.15, -0.1) is 0 Å². The molecule has 2 N–H and O–H groups in total. The number of halogens is 2. The van der Waals surface area contributed by atoms with Crippen LogP contribution in [-0.2, 0) is 9.53 Å². The van der Waals surface area contributed by atoms with Gasteiger partial charge < -0.3 is 30.1 Å². The Morgan fingerprint density at radius 3 is 2.74 bits per heavy atom. The first-order chi connectivity index (χ1) is 18.5. The molecule has 1 aromatic heterocycles. The van der Waals surface area contributed by atoms with Crippen molar-refractivity contribution in [3.8, 4) is 0 Å². The molecule has 5 rings (SSSR count). The van der Waals surface area contributed by atoms with Crippen LogP contribution in [0, 0.1) is 0 Å². The molecule has 206 valence electrons. The monoisotopic (exact) mass is 529 g/mol. The van der Waals surface area contributed by atoms with Gasteiger partial charge in [-0.25, -0.2) is 13.8 Å². The van der Waals surface area contributed by atoms with Gasteiger partial charge in [0, 0.05) is 70.0 Å². The average Bonchev–Trinajstić information content (AvgIpc) is 3.77. The first-order valence-electron chi connectivity index (χ1n) is 13.6. The minimum Gasteiger partial charge on any atom is -0.372 e. The Bertz CT molecular complexity index is 1110. The largest absolute Gasteiger partial charge is 0.372 e. The third-order valence-electron chi connectivity index (χ3n) is 7.41. The van der Waals surface area contributed by atoms with Crippen molar-refractivity contribution in [2.75, 3.05) is 81.6 Å². The van der Waals surface area contributed by atoms with Crippen molar-refractivity contribution >= 4 is 29.0 Å². The minimum atomic E-state index is -2.69. The molecule has 3 fully saturated rings. The van der Waals surface area contributed by atoms with Crippen LogP contribution >= 0.6 is 0 Å². The number of ether oxygens (including phenoxy) is 1. The topological polar surface area (TPSA) is 85.9 Å². The summed E-state index contributed by atoms with van der Waals surface area (Å²) < 4.78 is 32.6. The normalized spacial score (nSPS) is 19.1. The van der Waals surface area contributed by atoms with Crippen LogP contribution in [0.5, 0.6) is 0 Å². The second kappa shape index (κ2) is 12.2. The van der Waals surface area contributed by atoms with E-state index in [2.05, 4.69) is 55.6 Å². The zero-order chi connectivity index (χ0) is 26.5. The molecule has 0 radical (unpaired) electrons. The Morgan fingerprint density at radius 1 is 1.16 bits per heavy atom. The number of aromatic nitrogens is 2. The van der Waals surface area contributed by atoms with Crippen LogP contribution in [0.4, 0.5) is 31.9 Å². The van der Waals surface area contributed by atoms with E-state index in [4.69, 9.17) is 4.74 Å². The minimum absolute atomic E-state index is 0.0330. The number of alkyl halides is 2. The van der Waals surface area contributed by atoms with Crippen molar-refractivity contribution in [2.45, 2.75) is 38.0 Å². The molecule has 9 nitrogen and oxygen atoms in total. The standard InChI is InChI=1S/C27H37F2N7O2/c1-34-11-13-35(14-12-34)20-6-7-23(21(16-20)19-4-5-19)32-27-31-17-22(25(28)29)26(33-27)30-8-2-9-36-10-3-15-38-18-24(36)37/h6-7,16-17,19,25H,2-5,8-15,18H2,1H3,(H2,30,31,32,33). The summed E-state index contributed by atoms with van der Waals surface area (Å²) in [6, 6.07) is 6.43. The molecule has 3 heterocycles. The van der Waals surface area contributed by atoms with Gasteiger partial charge in [0.25, 0.3) is 6.43 Å². The van der Waals surface area contributed by atoms with E-state index >= 15 is 0 Å². The van der Waals surface area contributed by atoms with Crippen LogP contribution in [-0.4, -0.2) is 91.7 Å². The summed E-state index contributed by atoms with van der Waals surface area (Å²) >= 11 is 0. The number of carbonyl (C=O) groups excluding carboxylic acids is 1. The quantitative estimate of drug-likeness (QED) is 0.449. The lowest BCUT2D eigenvalue weighted by atomic mass is 10.1. The number of amides is 1. The molecule has 3 aliphatic rings. The van der Waals surface area contributed by atoms with Crippen molar-refractivity contribution in [3.63, 3.8) is 0 Å². The summed E-state index contributed by atoms with van der Waals surface area (Å²) in [5, 5.41) is 6.34. The van der Waals surface area contributed by atoms with Gasteiger partial charge >= 0.3 is 0 Å². The molecule has 11 heteroatoms. The second-order valence-corrected chi connectivity index (χ2v) is 10.3. The van der Waals surface area contributed by atoms with Crippen LogP contribution in [0.25, 0.3) is 0 Å². The van der Waals surface area contributed by atoms with Crippen molar-refractivity contribution in [2.24, 2.45) is 0 Å². The number of benzene rings is 1. The smallest absolute Gasteiger partial charge is 0.268 e. The molecule has 1 aliphatic carbocycles. The van der Waals surface area contributed by atoms with E-state index in [-0.39, 0.29) is 29.8 Å². The molecule has 0 atom stereocenters. The number of nitrogens with zero attached hydrogens (tertiary/aromatic N) is 5. The summed E-state index contributed by atoms with van der Waals surface area (Å²) in [6.07, 6.45) is 2.19. The summed E-state index contributed by atoms with van der Waals surface area (Å²) in [7, 11) is 2.15. The maximum absolute atomic E-state index is 13.7. The maximum Gasteiger partial charge on any atom is 0.268 e. The summed E-state index contributed by atoms with van der Waals surface area (Å²) in [5.41, 5.74) is 3.13. The molecule has 0 spiro atoms. The fraction of sp³-hybridized carbons (Fsp3) is 0.593. The zero-order valence-electron chi connectivity index (χ0n) is 22.0. The third kappa shape index (κ3) is 6.68. The van der Waals surface area contributed by atoms with E-state index < -0.39 is 6.43 Å². The Morgan fingerprint density at radius 2 is 1.97 bits per heavy atom. The molecule has 1 saturated carbocycles. The van der Waals surface area contributed by atoms with Gasteiger partial charge in [0.15, 0.2) is 0 Å². The Kier molecular flexibility index (Phi) is 8.53. The van der Waals surface area contributed by atoms with Gasteiger partial charge in [-0.3, -0.25) is 4.79 Å². The van der Waals surface area contributed by atoms with E-state index in [0.717, 1.165) is 51.1 Å². The molecule has 2 saturated heterocycles. The molecule has 2 aliphatic heterocycles. The van der Waals surface area contributed by atoms with E-state index in [1.54, 1.807) is 4.90 Å². The van der Waals surface area contributed by atoms with Crippen molar-refractivity contribution < 1.29 is 18.3 Å². The SMILES string of the molecule is CN1CCN(c2ccc(Nc3ncc(C(F)F)c(NCCCN4CCCOCC4=O)n3)c(C3CC3)c2)CC1. The van der Waals surface area contributed by atoms with E-state index in [9.17, 15) is 13.6 Å². The molecule has 38 heavy (non-hydrogen) atoms. The molecule has 1 aromatic carbocycles. The summed E-state index contributed by atoms with van der Waals surface area (Å²) in [5.74, 6) is 0.861. The molecular weight excluding hydrogens is 492 g/mol. The highest BCUT2D eigenvalue weighted by atomic mass is 19.3. The maximum atomic E-state index is 13.7. The van der Waals surface area contributed by atoms with Crippen molar-refractivity contribution in [3.05, 3.63) is 35.5 Å². The van der Waals surface area contributed by atoms with Crippen LogP contribution in [0.15, 0.2) is 24.4 Å². The number of nitrogens with one attached hydrogen (secondary N) is 2. The van der Waals surface area contributed by atoms with Gasteiger partial charge in [-0.05, 0) is 62.4 Å². The number of piperazine rings is 1. The molecule has 2 aromatic rings. The highest BCUT2D eigenvalue weighted by Gasteiger charge is 2.28. The predicted octanol–water partition coefficient (Wildman–Crippen LogP) is 3.84. The lowest BCUT2D eigenvalue weighted by Gasteiger charge is -2.34. The lowest BCUT2D eigenvalue weighted by molar-refractivity contribution is -0.133. The van der Waals surface area contributed by atoms with Crippen LogP contribution < -0.4 is 15.5 Å². The average molecular weight is 530 g/mol. The Balaban J connectivity index is 1.25. The van der Waals surface area contributed by atoms with E-state index in [1.807, 2.05) is 0 Å². The zero-order valence-corrected chi connectivity index (χ0v) is 22.0. The molecule has 0 unspecified atom stereocenters. The number of anilines is 4. The van der Waals surface area contributed by atoms with Crippen LogP contribution in [0.2, 0.25) is 0 Å². The first kappa shape index (κ1) is 26.6. The van der Waals surface area contributed by atoms with Gasteiger partial charge in [0.05, 0.1) is 5.56 Å². The van der Waals surface area contributed by atoms with Crippen molar-refractivity contribution in [1.29, 1.82) is 0 Å². The second-order valence-electron chi connectivity index (χ2n) is 10.3. The third-order valence-corrected chi connectivity index (χ3v) is 7.41. The fourth-order valence-corrected chi connectivity index (χ4v) is 4.98. The van der Waals surface area contributed by atoms with E-state index in [0.29, 0.717) is 38.6 Å². The van der Waals surface area contributed by atoms with Gasteiger partial charge in [-0.1, -0.05) is 0 Å². The van der Waals surface area contributed by atoms with Gasteiger partial charge in [-0.2, -0.15) is 4.98 Å². The summed E-state index contributed by atoms with van der Waals surface area (Å²) in [4.78, 5) is 27.2. The Hall–Kier alpha value is -3.05. The number of rotatable bonds is 10. The van der Waals surface area contributed by atoms with Crippen LogP contribution in [0.1, 0.15) is 49.2 Å². The van der Waals surface area contributed by atoms with Gasteiger partial charge in [0.2, 0.25) is 11.9 Å². The molecular formula is C27H37F2N7O2. The summed E-state index contributed by atoms with van der Waals surface area (Å²) in [6.45, 7) is 6.37. The number of hydrogen-bond donors (Lipinski definition) is 2. The first-order valence-corrected chi connectivity index (χ1v) is 13.6. The van der Waals surface area contributed by atoms with Crippen molar-refractivity contribution in [1.82, 2.24) is 19.8 Å².